The second-order valence-electron chi connectivity index (χ2n) is 2.90. The van der Waals surface area contributed by atoms with Crippen LogP contribution in [0.3, 0.4) is 0 Å². The topological polar surface area (TPSA) is 0 Å². The summed E-state index contributed by atoms with van der Waals surface area (Å²) in [6, 6.07) is 0. The highest BCUT2D eigenvalue weighted by Gasteiger charge is 2.18. The molecule has 1 fully saturated rings. The predicted octanol–water partition coefficient (Wildman–Crippen LogP) is 3.08. The Hall–Kier alpha value is -0.780. The summed E-state index contributed by atoms with van der Waals surface area (Å²) in [6.45, 7) is 9.91. The van der Waals surface area contributed by atoms with E-state index >= 15 is 0 Å². The van der Waals surface area contributed by atoms with E-state index in [2.05, 4.69) is 26.2 Å². The van der Waals surface area contributed by atoms with Crippen molar-refractivity contribution in [3.63, 3.8) is 0 Å². The molecular weight excluding hydrogens is 120 g/mol. The Morgan fingerprint density at radius 1 is 1.60 bits per heavy atom. The van der Waals surface area contributed by atoms with Crippen LogP contribution in [-0.2, 0) is 0 Å². The fourth-order valence-electron chi connectivity index (χ4n) is 1.45. The fraction of sp³-hybridized carbons (Fsp3) is 0.400. The molecule has 1 aliphatic rings. The highest BCUT2D eigenvalue weighted by molar-refractivity contribution is 5.36. The Morgan fingerprint density at radius 3 is 2.70 bits per heavy atom. The van der Waals surface area contributed by atoms with Gasteiger partial charge in [0.05, 0.1) is 0 Å². The second kappa shape index (κ2) is 2.87. The van der Waals surface area contributed by atoms with Gasteiger partial charge >= 0.3 is 0 Å². The van der Waals surface area contributed by atoms with Crippen LogP contribution in [-0.4, -0.2) is 0 Å². The summed E-state index contributed by atoms with van der Waals surface area (Å²) in [7, 11) is 0. The van der Waals surface area contributed by atoms with Gasteiger partial charge in [0.2, 0.25) is 0 Å². The molecular formula is C10H14. The molecule has 1 saturated carbocycles. The van der Waals surface area contributed by atoms with Crippen LogP contribution in [0.25, 0.3) is 0 Å². The lowest BCUT2D eigenvalue weighted by atomic mass is 10.0. The summed E-state index contributed by atoms with van der Waals surface area (Å²) in [6.07, 6.45) is 6.36. The van der Waals surface area contributed by atoms with Crippen molar-refractivity contribution < 1.29 is 0 Å². The minimum atomic E-state index is 0.700. The SMILES string of the molecule is C=C/C=C1\C(=C)CC[C@@H]1C. The number of rotatable bonds is 1. The molecule has 0 heteroatoms. The van der Waals surface area contributed by atoms with Crippen LogP contribution in [0.1, 0.15) is 19.8 Å². The maximum absolute atomic E-state index is 3.99. The summed E-state index contributed by atoms with van der Waals surface area (Å²) in [5.41, 5.74) is 2.70. The van der Waals surface area contributed by atoms with Crippen molar-refractivity contribution in [1.82, 2.24) is 0 Å². The van der Waals surface area contributed by atoms with Crippen molar-refractivity contribution >= 4 is 0 Å². The molecule has 1 atom stereocenters. The van der Waals surface area contributed by atoms with E-state index < -0.39 is 0 Å². The van der Waals surface area contributed by atoms with E-state index in [9.17, 15) is 0 Å². The Labute approximate surface area is 62.9 Å². The maximum atomic E-state index is 3.99. The van der Waals surface area contributed by atoms with Crippen LogP contribution in [0.5, 0.6) is 0 Å². The number of hydrogen-bond acceptors (Lipinski definition) is 0. The molecule has 0 aliphatic heterocycles. The molecule has 0 nitrogen and oxygen atoms in total. The van der Waals surface area contributed by atoms with Gasteiger partial charge in [-0.1, -0.05) is 37.8 Å². The molecule has 1 rings (SSSR count). The summed E-state index contributed by atoms with van der Waals surface area (Å²) in [5, 5.41) is 0. The van der Waals surface area contributed by atoms with Crippen molar-refractivity contribution in [3.8, 4) is 0 Å². The van der Waals surface area contributed by atoms with Gasteiger partial charge in [-0.2, -0.15) is 0 Å². The molecule has 0 radical (unpaired) electrons. The molecule has 1 aliphatic carbocycles. The number of hydrogen-bond donors (Lipinski definition) is 0. The number of allylic oxidation sites excluding steroid dienone is 4. The van der Waals surface area contributed by atoms with Crippen LogP contribution in [0.15, 0.2) is 36.5 Å². The Balaban J connectivity index is 2.81. The molecule has 0 amide bonds. The van der Waals surface area contributed by atoms with Crippen molar-refractivity contribution in [3.05, 3.63) is 36.5 Å². The molecule has 0 N–H and O–H groups in total. The van der Waals surface area contributed by atoms with E-state index in [4.69, 9.17) is 0 Å². The molecule has 54 valence electrons. The molecule has 10 heavy (non-hydrogen) atoms. The third-order valence-electron chi connectivity index (χ3n) is 2.12. The monoisotopic (exact) mass is 134 g/mol. The highest BCUT2D eigenvalue weighted by Crippen LogP contribution is 2.34. The first-order chi connectivity index (χ1) is 4.75. The van der Waals surface area contributed by atoms with Crippen LogP contribution in [0.2, 0.25) is 0 Å². The van der Waals surface area contributed by atoms with Crippen molar-refractivity contribution in [2.45, 2.75) is 19.8 Å². The van der Waals surface area contributed by atoms with E-state index in [0.717, 1.165) is 0 Å². The van der Waals surface area contributed by atoms with Crippen LogP contribution in [0, 0.1) is 5.92 Å². The first kappa shape index (κ1) is 7.33. The Morgan fingerprint density at radius 2 is 2.30 bits per heavy atom. The van der Waals surface area contributed by atoms with Crippen LogP contribution < -0.4 is 0 Å². The molecule has 0 saturated heterocycles. The molecule has 0 unspecified atom stereocenters. The lowest BCUT2D eigenvalue weighted by Gasteiger charge is -2.02. The third-order valence-corrected chi connectivity index (χ3v) is 2.12. The van der Waals surface area contributed by atoms with E-state index in [1.54, 1.807) is 0 Å². The van der Waals surface area contributed by atoms with Gasteiger partial charge in [-0.15, -0.1) is 0 Å². The van der Waals surface area contributed by atoms with E-state index in [1.165, 1.54) is 24.0 Å². The summed E-state index contributed by atoms with van der Waals surface area (Å²) in [5.74, 6) is 0.700. The highest BCUT2D eigenvalue weighted by atomic mass is 14.2. The molecule has 0 heterocycles. The predicted molar refractivity (Wildman–Crippen MR) is 45.8 cm³/mol. The zero-order valence-corrected chi connectivity index (χ0v) is 6.56. The van der Waals surface area contributed by atoms with Gasteiger partial charge < -0.3 is 0 Å². The quantitative estimate of drug-likeness (QED) is 0.517. The average molecular weight is 134 g/mol. The lowest BCUT2D eigenvalue weighted by molar-refractivity contribution is 0.697. The lowest BCUT2D eigenvalue weighted by Crippen LogP contribution is -1.87. The van der Waals surface area contributed by atoms with Gasteiger partial charge in [-0.3, -0.25) is 0 Å². The zero-order chi connectivity index (χ0) is 7.56. The van der Waals surface area contributed by atoms with Crippen molar-refractivity contribution in [1.29, 1.82) is 0 Å². The van der Waals surface area contributed by atoms with Crippen LogP contribution in [0.4, 0.5) is 0 Å². The first-order valence-corrected chi connectivity index (χ1v) is 3.76. The van der Waals surface area contributed by atoms with Gasteiger partial charge in [0.25, 0.3) is 0 Å². The van der Waals surface area contributed by atoms with Gasteiger partial charge in [0, 0.05) is 0 Å². The summed E-state index contributed by atoms with van der Waals surface area (Å²) in [4.78, 5) is 0. The summed E-state index contributed by atoms with van der Waals surface area (Å²) >= 11 is 0. The smallest absolute Gasteiger partial charge is 0.0185 e. The van der Waals surface area contributed by atoms with Crippen molar-refractivity contribution in [2.24, 2.45) is 5.92 Å². The van der Waals surface area contributed by atoms with Gasteiger partial charge in [-0.05, 0) is 24.3 Å². The molecule has 0 bridgehead atoms. The van der Waals surface area contributed by atoms with Crippen molar-refractivity contribution in [2.75, 3.05) is 0 Å². The van der Waals surface area contributed by atoms with E-state index in [-0.39, 0.29) is 0 Å². The molecule has 0 aromatic rings. The fourth-order valence-corrected chi connectivity index (χ4v) is 1.45. The maximum Gasteiger partial charge on any atom is -0.0185 e. The third kappa shape index (κ3) is 1.21. The zero-order valence-electron chi connectivity index (χ0n) is 6.56. The average Bonchev–Trinajstić information content (AvgIpc) is 2.20. The standard InChI is InChI=1S/C10H14/c1-4-5-10-8(2)6-7-9(10)3/h4-5,9H,1-2,6-7H2,3H3/b10-5+/t9-/m0/s1. The Kier molecular flexibility index (Phi) is 2.10. The van der Waals surface area contributed by atoms with Gasteiger partial charge in [-0.25, -0.2) is 0 Å². The minimum absolute atomic E-state index is 0.700. The Bertz CT molecular complexity index is 184. The second-order valence-corrected chi connectivity index (χ2v) is 2.90. The molecule has 0 aromatic carbocycles. The van der Waals surface area contributed by atoms with Gasteiger partial charge in [0.15, 0.2) is 0 Å². The normalized spacial score (nSPS) is 29.5. The first-order valence-electron chi connectivity index (χ1n) is 3.76. The van der Waals surface area contributed by atoms with E-state index in [0.29, 0.717) is 5.92 Å². The van der Waals surface area contributed by atoms with Gasteiger partial charge in [0.1, 0.15) is 0 Å². The summed E-state index contributed by atoms with van der Waals surface area (Å²) < 4.78 is 0. The van der Waals surface area contributed by atoms with E-state index in [1.807, 2.05) is 6.08 Å². The molecule has 0 aromatic heterocycles. The molecule has 0 spiro atoms. The van der Waals surface area contributed by atoms with Crippen LogP contribution >= 0.6 is 0 Å². The minimum Gasteiger partial charge on any atom is -0.0991 e. The largest absolute Gasteiger partial charge is 0.0991 e.